The van der Waals surface area contributed by atoms with Crippen molar-refractivity contribution in [3.05, 3.63) is 35.5 Å². The Hall–Kier alpha value is -2.10. The third-order valence-corrected chi connectivity index (χ3v) is 4.73. The SMILES string of the molecule is CCc1ccc(O[C@H]2CCC[C@H](C)C2)c2c(C(=O)O)ccnc12. The predicted molar refractivity (Wildman–Crippen MR) is 90.1 cm³/mol. The third kappa shape index (κ3) is 3.16. The van der Waals surface area contributed by atoms with Crippen LogP contribution < -0.4 is 4.74 Å². The van der Waals surface area contributed by atoms with Crippen LogP contribution in [-0.2, 0) is 6.42 Å². The van der Waals surface area contributed by atoms with E-state index in [1.54, 1.807) is 12.3 Å². The number of carboxylic acid groups (broad SMARTS) is 1. The second-order valence-corrected chi connectivity index (χ2v) is 6.48. The molecule has 4 nitrogen and oxygen atoms in total. The summed E-state index contributed by atoms with van der Waals surface area (Å²) in [4.78, 5) is 16.0. The van der Waals surface area contributed by atoms with Crippen LogP contribution in [0.2, 0.25) is 0 Å². The van der Waals surface area contributed by atoms with Crippen LogP contribution in [-0.4, -0.2) is 22.2 Å². The van der Waals surface area contributed by atoms with Crippen molar-refractivity contribution in [1.82, 2.24) is 4.98 Å². The molecule has 1 aromatic heterocycles. The van der Waals surface area contributed by atoms with Gasteiger partial charge in [-0.1, -0.05) is 26.3 Å². The van der Waals surface area contributed by atoms with E-state index in [0.29, 0.717) is 17.1 Å². The summed E-state index contributed by atoms with van der Waals surface area (Å²) in [5.41, 5.74) is 2.06. The Morgan fingerprint density at radius 2 is 2.17 bits per heavy atom. The Bertz CT molecular complexity index is 726. The average molecular weight is 313 g/mol. The molecule has 0 unspecified atom stereocenters. The fourth-order valence-corrected chi connectivity index (χ4v) is 3.52. The summed E-state index contributed by atoms with van der Waals surface area (Å²) in [6, 6.07) is 5.47. The van der Waals surface area contributed by atoms with Gasteiger partial charge in [0.05, 0.1) is 22.6 Å². The highest BCUT2D eigenvalue weighted by atomic mass is 16.5. The van der Waals surface area contributed by atoms with Gasteiger partial charge in [0.25, 0.3) is 0 Å². The first-order valence-corrected chi connectivity index (χ1v) is 8.40. The van der Waals surface area contributed by atoms with E-state index < -0.39 is 5.97 Å². The number of carboxylic acids is 1. The number of aromatic nitrogens is 1. The molecule has 0 radical (unpaired) electrons. The molecule has 1 aliphatic carbocycles. The molecule has 1 saturated carbocycles. The van der Waals surface area contributed by atoms with Gasteiger partial charge in [-0.3, -0.25) is 4.98 Å². The first-order valence-electron chi connectivity index (χ1n) is 8.40. The number of carbonyl (C=O) groups is 1. The summed E-state index contributed by atoms with van der Waals surface area (Å²) in [6.07, 6.45) is 7.02. The molecule has 0 saturated heterocycles. The highest BCUT2D eigenvalue weighted by Crippen LogP contribution is 2.34. The molecule has 0 amide bonds. The van der Waals surface area contributed by atoms with E-state index in [1.807, 2.05) is 19.1 Å². The van der Waals surface area contributed by atoms with Crippen molar-refractivity contribution in [3.8, 4) is 5.75 Å². The Balaban J connectivity index is 2.07. The number of hydrogen-bond acceptors (Lipinski definition) is 3. The normalized spacial score (nSPS) is 21.3. The van der Waals surface area contributed by atoms with E-state index in [9.17, 15) is 9.90 Å². The van der Waals surface area contributed by atoms with Gasteiger partial charge >= 0.3 is 5.97 Å². The van der Waals surface area contributed by atoms with Gasteiger partial charge in [0.1, 0.15) is 5.75 Å². The molecule has 0 bridgehead atoms. The molecule has 3 rings (SSSR count). The van der Waals surface area contributed by atoms with E-state index in [2.05, 4.69) is 11.9 Å². The van der Waals surface area contributed by atoms with Crippen LogP contribution >= 0.6 is 0 Å². The van der Waals surface area contributed by atoms with Gasteiger partial charge in [-0.2, -0.15) is 0 Å². The predicted octanol–water partition coefficient (Wildman–Crippen LogP) is 4.45. The van der Waals surface area contributed by atoms with Crippen LogP contribution in [0.3, 0.4) is 0 Å². The van der Waals surface area contributed by atoms with Crippen molar-refractivity contribution in [2.24, 2.45) is 5.92 Å². The molecule has 1 aliphatic rings. The van der Waals surface area contributed by atoms with E-state index in [-0.39, 0.29) is 11.7 Å². The number of fused-ring (bicyclic) bond motifs is 1. The Kier molecular flexibility index (Phi) is 4.51. The second kappa shape index (κ2) is 6.57. The molecule has 0 aliphatic heterocycles. The lowest BCUT2D eigenvalue weighted by molar-refractivity contribution is 0.0698. The van der Waals surface area contributed by atoms with Crippen LogP contribution in [0, 0.1) is 5.92 Å². The standard InChI is InChI=1S/C19H23NO3/c1-3-13-7-8-16(23-14-6-4-5-12(2)11-14)17-15(19(21)22)9-10-20-18(13)17/h7-10,12,14H,3-6,11H2,1-2H3,(H,21,22)/t12-,14-/m0/s1. The van der Waals surface area contributed by atoms with Gasteiger partial charge in [0.15, 0.2) is 0 Å². The summed E-state index contributed by atoms with van der Waals surface area (Å²) in [6.45, 7) is 4.30. The number of ether oxygens (including phenoxy) is 1. The third-order valence-electron chi connectivity index (χ3n) is 4.73. The molecular formula is C19H23NO3. The minimum absolute atomic E-state index is 0.163. The molecule has 1 heterocycles. The Morgan fingerprint density at radius 3 is 2.87 bits per heavy atom. The first-order chi connectivity index (χ1) is 11.1. The van der Waals surface area contributed by atoms with Gasteiger partial charge in [-0.15, -0.1) is 0 Å². The molecule has 23 heavy (non-hydrogen) atoms. The van der Waals surface area contributed by atoms with E-state index >= 15 is 0 Å². The molecular weight excluding hydrogens is 290 g/mol. The molecule has 122 valence electrons. The smallest absolute Gasteiger partial charge is 0.336 e. The number of nitrogens with zero attached hydrogens (tertiary/aromatic N) is 1. The maximum Gasteiger partial charge on any atom is 0.336 e. The van der Waals surface area contributed by atoms with Gasteiger partial charge < -0.3 is 9.84 Å². The highest BCUT2D eigenvalue weighted by molar-refractivity contribution is 6.05. The number of aryl methyl sites for hydroxylation is 1. The summed E-state index contributed by atoms with van der Waals surface area (Å²) in [5.74, 6) is 0.376. The molecule has 4 heteroatoms. The lowest BCUT2D eigenvalue weighted by atomic mass is 9.88. The number of rotatable bonds is 4. The minimum Gasteiger partial charge on any atom is -0.490 e. The fourth-order valence-electron chi connectivity index (χ4n) is 3.52. The van der Waals surface area contributed by atoms with Gasteiger partial charge in [-0.05, 0) is 49.3 Å². The van der Waals surface area contributed by atoms with E-state index in [1.165, 1.54) is 12.8 Å². The Morgan fingerprint density at radius 1 is 1.35 bits per heavy atom. The average Bonchev–Trinajstić information content (AvgIpc) is 2.54. The largest absolute Gasteiger partial charge is 0.490 e. The van der Waals surface area contributed by atoms with Crippen molar-refractivity contribution >= 4 is 16.9 Å². The van der Waals surface area contributed by atoms with Crippen LogP contribution in [0.4, 0.5) is 0 Å². The summed E-state index contributed by atoms with van der Waals surface area (Å²) in [5, 5.41) is 10.2. The lowest BCUT2D eigenvalue weighted by Crippen LogP contribution is -2.24. The first kappa shape index (κ1) is 15.8. The quantitative estimate of drug-likeness (QED) is 0.905. The number of hydrogen-bond donors (Lipinski definition) is 1. The van der Waals surface area contributed by atoms with Crippen LogP contribution in [0.5, 0.6) is 5.75 Å². The zero-order chi connectivity index (χ0) is 16.4. The van der Waals surface area contributed by atoms with Gasteiger partial charge in [0, 0.05) is 6.20 Å². The maximum atomic E-state index is 11.6. The minimum atomic E-state index is -0.937. The molecule has 0 spiro atoms. The van der Waals surface area contributed by atoms with Crippen molar-refractivity contribution in [2.45, 2.75) is 52.1 Å². The topological polar surface area (TPSA) is 59.4 Å². The summed E-state index contributed by atoms with van der Waals surface area (Å²) in [7, 11) is 0. The second-order valence-electron chi connectivity index (χ2n) is 6.48. The molecule has 1 fully saturated rings. The van der Waals surface area contributed by atoms with Crippen molar-refractivity contribution in [1.29, 1.82) is 0 Å². The fraction of sp³-hybridized carbons (Fsp3) is 0.474. The molecule has 2 aromatic rings. The number of benzene rings is 1. The molecule has 2 atom stereocenters. The monoisotopic (exact) mass is 313 g/mol. The number of pyridine rings is 1. The van der Waals surface area contributed by atoms with Crippen molar-refractivity contribution in [3.63, 3.8) is 0 Å². The van der Waals surface area contributed by atoms with Crippen LogP contribution in [0.15, 0.2) is 24.4 Å². The van der Waals surface area contributed by atoms with Crippen LogP contribution in [0.1, 0.15) is 55.5 Å². The summed E-state index contributed by atoms with van der Waals surface area (Å²) >= 11 is 0. The zero-order valence-electron chi connectivity index (χ0n) is 13.7. The lowest BCUT2D eigenvalue weighted by Gasteiger charge is -2.28. The number of aromatic carboxylic acids is 1. The molecule has 1 aromatic carbocycles. The van der Waals surface area contributed by atoms with Crippen LogP contribution in [0.25, 0.3) is 10.9 Å². The Labute approximate surface area is 136 Å². The van der Waals surface area contributed by atoms with E-state index in [4.69, 9.17) is 4.74 Å². The van der Waals surface area contributed by atoms with Gasteiger partial charge in [-0.25, -0.2) is 4.79 Å². The zero-order valence-corrected chi connectivity index (χ0v) is 13.7. The summed E-state index contributed by atoms with van der Waals surface area (Å²) < 4.78 is 6.23. The van der Waals surface area contributed by atoms with E-state index in [0.717, 1.165) is 30.3 Å². The van der Waals surface area contributed by atoms with Crippen molar-refractivity contribution < 1.29 is 14.6 Å². The highest BCUT2D eigenvalue weighted by Gasteiger charge is 2.23. The maximum absolute atomic E-state index is 11.6. The van der Waals surface area contributed by atoms with Gasteiger partial charge in [0.2, 0.25) is 0 Å². The molecule has 1 N–H and O–H groups in total. The van der Waals surface area contributed by atoms with Crippen molar-refractivity contribution in [2.75, 3.05) is 0 Å².